The summed E-state index contributed by atoms with van der Waals surface area (Å²) in [7, 11) is -1.18. The molecule has 3 aliphatic rings. The molecule has 1 aromatic carbocycles. The molecule has 7 heteroatoms. The number of urea groups is 1. The first kappa shape index (κ1) is 34.2. The highest BCUT2D eigenvalue weighted by Crippen LogP contribution is 2.51. The predicted octanol–water partition coefficient (Wildman–Crippen LogP) is 7.85. The Morgan fingerprint density at radius 1 is 1.14 bits per heavy atom. The lowest BCUT2D eigenvalue weighted by atomic mass is 9.60. The smallest absolute Gasteiger partial charge is 0.321 e. The molecule has 0 bridgehead atoms. The number of nitrogens with zero attached hydrogens (tertiary/aromatic N) is 2. The molecule has 1 aliphatic heterocycles. The summed E-state index contributed by atoms with van der Waals surface area (Å²) in [5, 5.41) is 2.96. The van der Waals surface area contributed by atoms with Crippen LogP contribution in [0.15, 0.2) is 65.2 Å². The molecule has 1 N–H and O–H groups in total. The lowest BCUT2D eigenvalue weighted by Gasteiger charge is -2.50. The van der Waals surface area contributed by atoms with Crippen LogP contribution in [0.1, 0.15) is 104 Å². The molecule has 0 aromatic heterocycles. The van der Waals surface area contributed by atoms with Crippen LogP contribution in [-0.4, -0.2) is 57.4 Å². The van der Waals surface area contributed by atoms with E-state index in [-0.39, 0.29) is 29.4 Å². The van der Waals surface area contributed by atoms with Crippen molar-refractivity contribution in [3.05, 3.63) is 70.8 Å². The summed E-state index contributed by atoms with van der Waals surface area (Å²) in [5.74, 6) is 1.01. The monoisotopic (exact) mass is 621 g/mol. The summed E-state index contributed by atoms with van der Waals surface area (Å²) in [6.07, 6.45) is 21.3. The highest BCUT2D eigenvalue weighted by molar-refractivity contribution is 7.88. The van der Waals surface area contributed by atoms with Gasteiger partial charge in [0.05, 0.1) is 5.54 Å². The minimum absolute atomic E-state index is 0.0131. The number of hydrogen-bond acceptors (Lipinski definition) is 3. The number of carbonyl (C=O) groups is 2. The van der Waals surface area contributed by atoms with Gasteiger partial charge >= 0.3 is 6.03 Å². The molecule has 2 atom stereocenters. The molecule has 1 saturated heterocycles. The zero-order valence-corrected chi connectivity index (χ0v) is 28.6. The van der Waals surface area contributed by atoms with Crippen molar-refractivity contribution in [1.82, 2.24) is 15.1 Å². The first-order valence-electron chi connectivity index (χ1n) is 16.9. The quantitative estimate of drug-likeness (QED) is 0.215. The molecule has 1 spiro atoms. The van der Waals surface area contributed by atoms with Crippen LogP contribution in [0.25, 0.3) is 0 Å². The third-order valence-electron chi connectivity index (χ3n) is 10.4. The van der Waals surface area contributed by atoms with E-state index >= 15 is 0 Å². The molecule has 242 valence electrons. The van der Waals surface area contributed by atoms with E-state index in [1.54, 1.807) is 17.2 Å². The highest BCUT2D eigenvalue weighted by atomic mass is 32.2. The average molecular weight is 622 g/mol. The van der Waals surface area contributed by atoms with E-state index in [1.807, 2.05) is 19.1 Å². The first-order chi connectivity index (χ1) is 21.1. The molecular formula is C37H55N3O3S. The zero-order valence-electron chi connectivity index (χ0n) is 27.8. The van der Waals surface area contributed by atoms with E-state index in [9.17, 15) is 13.8 Å². The summed E-state index contributed by atoms with van der Waals surface area (Å²) in [6, 6.07) is 11.0. The lowest BCUT2D eigenvalue weighted by molar-refractivity contribution is -0.120. The van der Waals surface area contributed by atoms with E-state index in [4.69, 9.17) is 0 Å². The highest BCUT2D eigenvalue weighted by Gasteiger charge is 2.54. The molecule has 1 heterocycles. The Hall–Kier alpha value is -2.67. The number of benzene rings is 1. The van der Waals surface area contributed by atoms with Crippen LogP contribution < -0.4 is 5.32 Å². The van der Waals surface area contributed by atoms with Gasteiger partial charge in [-0.25, -0.2) is 4.79 Å². The second kappa shape index (κ2) is 15.6. The van der Waals surface area contributed by atoms with Gasteiger partial charge in [0, 0.05) is 40.7 Å². The van der Waals surface area contributed by atoms with Crippen molar-refractivity contribution in [3.63, 3.8) is 0 Å². The molecule has 2 saturated carbocycles. The minimum atomic E-state index is -1.18. The average Bonchev–Trinajstić information content (AvgIpc) is 3.23. The van der Waals surface area contributed by atoms with E-state index in [1.165, 1.54) is 37.7 Å². The third-order valence-corrected chi connectivity index (χ3v) is 11.3. The van der Waals surface area contributed by atoms with E-state index in [0.717, 1.165) is 45.1 Å². The van der Waals surface area contributed by atoms with Crippen molar-refractivity contribution in [3.8, 4) is 0 Å². The number of amides is 3. The van der Waals surface area contributed by atoms with Gasteiger partial charge in [-0.15, -0.1) is 0 Å². The maximum atomic E-state index is 14.0. The van der Waals surface area contributed by atoms with Gasteiger partial charge in [0.1, 0.15) is 6.54 Å². The normalized spacial score (nSPS) is 26.3. The van der Waals surface area contributed by atoms with Crippen molar-refractivity contribution in [2.75, 3.05) is 25.9 Å². The number of rotatable bonds is 14. The number of carbonyl (C=O) groups excluding carboxylic acids is 2. The molecule has 6 nitrogen and oxygen atoms in total. The fraction of sp³-hybridized carbons (Fsp3) is 0.622. The molecular weight excluding hydrogens is 566 g/mol. The van der Waals surface area contributed by atoms with E-state index in [0.29, 0.717) is 29.0 Å². The Balaban J connectivity index is 1.49. The third kappa shape index (κ3) is 8.32. The summed E-state index contributed by atoms with van der Waals surface area (Å²) in [5.41, 5.74) is 1.98. The van der Waals surface area contributed by atoms with Crippen LogP contribution in [0, 0.1) is 11.8 Å². The second-order valence-corrected chi connectivity index (χ2v) is 15.1. The van der Waals surface area contributed by atoms with Crippen LogP contribution in [0.4, 0.5) is 4.79 Å². The number of unbranched alkanes of at least 4 members (excludes halogenated alkanes) is 1. The fourth-order valence-corrected chi connectivity index (χ4v) is 7.99. The lowest BCUT2D eigenvalue weighted by Crippen LogP contribution is -2.54. The van der Waals surface area contributed by atoms with Crippen LogP contribution in [0.2, 0.25) is 0 Å². The van der Waals surface area contributed by atoms with Gasteiger partial charge in [0.15, 0.2) is 0 Å². The Morgan fingerprint density at radius 2 is 1.84 bits per heavy atom. The van der Waals surface area contributed by atoms with Gasteiger partial charge in [0.25, 0.3) is 0 Å². The minimum Gasteiger partial charge on any atom is -0.328 e. The van der Waals surface area contributed by atoms with Gasteiger partial charge in [-0.1, -0.05) is 82.5 Å². The largest absolute Gasteiger partial charge is 0.328 e. The Labute approximate surface area is 268 Å². The fourth-order valence-electron chi connectivity index (χ4n) is 7.38. The molecule has 4 rings (SSSR count). The zero-order chi connectivity index (χ0) is 31.7. The van der Waals surface area contributed by atoms with Crippen LogP contribution in [0.5, 0.6) is 0 Å². The summed E-state index contributed by atoms with van der Waals surface area (Å²) >= 11 is 0. The summed E-state index contributed by atoms with van der Waals surface area (Å²) in [6.45, 7) is 10.0. The van der Waals surface area contributed by atoms with Crippen LogP contribution in [-0.2, 0) is 21.0 Å². The van der Waals surface area contributed by atoms with Gasteiger partial charge in [0.2, 0.25) is 5.91 Å². The topological polar surface area (TPSA) is 69.7 Å². The van der Waals surface area contributed by atoms with Crippen molar-refractivity contribution >= 4 is 22.7 Å². The van der Waals surface area contributed by atoms with Crippen molar-refractivity contribution in [2.24, 2.45) is 11.8 Å². The summed E-state index contributed by atoms with van der Waals surface area (Å²) in [4.78, 5) is 31.8. The molecule has 2 aliphatic carbocycles. The Morgan fingerprint density at radius 3 is 2.43 bits per heavy atom. The second-order valence-electron chi connectivity index (χ2n) is 13.7. The standard InChI is InChI=1S/C37H55N3O3S/c1-6-8-9-13-19-33(44(5)43)24-30(4)38-34(41)27-39-28-37(40(35(39)42)26-31-15-14-16-31)22-20-36(21-23-37,25-29(3)7-2)32-17-11-10-12-18-32/h9-13,17-19,24,29,31H,6-8,14-16,20-23,25-28H2,1-5H3,(H,38,41)/b13-9+,30-24+,33-19+. The van der Waals surface area contributed by atoms with Gasteiger partial charge in [-0.3, -0.25) is 9.00 Å². The molecule has 0 radical (unpaired) electrons. The molecule has 2 unspecified atom stereocenters. The maximum Gasteiger partial charge on any atom is 0.321 e. The van der Waals surface area contributed by atoms with Crippen molar-refractivity contribution < 1.29 is 13.8 Å². The first-order valence-corrected chi connectivity index (χ1v) is 18.5. The van der Waals surface area contributed by atoms with Crippen LogP contribution >= 0.6 is 0 Å². The molecule has 1 aromatic rings. The summed E-state index contributed by atoms with van der Waals surface area (Å²) < 4.78 is 12.3. The Bertz CT molecular complexity index is 1240. The Kier molecular flexibility index (Phi) is 12.1. The maximum absolute atomic E-state index is 14.0. The van der Waals surface area contributed by atoms with E-state index in [2.05, 4.69) is 67.4 Å². The molecule has 3 amide bonds. The SMILES string of the molecule is CCC/C=C/C=C(\C=C(/C)NC(=O)CN1CC2(CCC(CC(C)CC)(c3ccccc3)CC2)N(CC2CCC2)C1=O)S(C)=O. The predicted molar refractivity (Wildman–Crippen MR) is 183 cm³/mol. The van der Waals surface area contributed by atoms with Crippen LogP contribution in [0.3, 0.4) is 0 Å². The van der Waals surface area contributed by atoms with Gasteiger partial charge in [-0.05, 0) is 93.3 Å². The number of hydrogen-bond donors (Lipinski definition) is 1. The van der Waals surface area contributed by atoms with Crippen molar-refractivity contribution in [1.29, 1.82) is 0 Å². The van der Waals surface area contributed by atoms with Crippen molar-refractivity contribution in [2.45, 2.75) is 109 Å². The number of nitrogens with one attached hydrogen (secondary N) is 1. The van der Waals surface area contributed by atoms with Gasteiger partial charge in [-0.2, -0.15) is 0 Å². The molecule has 44 heavy (non-hydrogen) atoms. The number of allylic oxidation sites excluding steroid dienone is 5. The molecule has 3 fully saturated rings. The van der Waals surface area contributed by atoms with E-state index < -0.39 is 10.8 Å². The van der Waals surface area contributed by atoms with Gasteiger partial charge < -0.3 is 15.1 Å².